The summed E-state index contributed by atoms with van der Waals surface area (Å²) < 4.78 is 6.05. The summed E-state index contributed by atoms with van der Waals surface area (Å²) in [4.78, 5) is 0. The van der Waals surface area contributed by atoms with Gasteiger partial charge in [0, 0.05) is 12.6 Å². The lowest BCUT2D eigenvalue weighted by atomic mass is 10.1. The second-order valence-electron chi connectivity index (χ2n) is 4.96. The fraction of sp³-hybridized carbons (Fsp3) is 1.00. The van der Waals surface area contributed by atoms with Crippen LogP contribution >= 0.6 is 0 Å². The Hall–Kier alpha value is -0.0800. The van der Waals surface area contributed by atoms with Crippen LogP contribution in [0.4, 0.5) is 0 Å². The molecule has 0 amide bonds. The first-order valence-electron chi connectivity index (χ1n) is 7.23. The molecule has 0 saturated heterocycles. The van der Waals surface area contributed by atoms with E-state index < -0.39 is 0 Å². The molecule has 0 aromatic rings. The summed E-state index contributed by atoms with van der Waals surface area (Å²) in [5.74, 6) is 0. The Kier molecular flexibility index (Phi) is 7.87. The maximum absolute atomic E-state index is 6.05. The van der Waals surface area contributed by atoms with Gasteiger partial charge in [0.15, 0.2) is 0 Å². The first-order valence-corrected chi connectivity index (χ1v) is 7.23. The quantitative estimate of drug-likeness (QED) is 0.531. The van der Waals surface area contributed by atoms with Crippen molar-refractivity contribution in [2.45, 2.75) is 77.4 Å². The van der Waals surface area contributed by atoms with E-state index in [0.29, 0.717) is 12.1 Å². The summed E-state index contributed by atoms with van der Waals surface area (Å²) in [5, 5.41) is 3.66. The molecule has 0 aromatic heterocycles. The molecule has 1 aliphatic rings. The average Bonchev–Trinajstić information content (AvgIpc) is 2.52. The number of rotatable bonds is 7. The van der Waals surface area contributed by atoms with Crippen LogP contribution in [0.2, 0.25) is 0 Å². The minimum Gasteiger partial charge on any atom is -0.377 e. The second kappa shape index (κ2) is 9.00. The van der Waals surface area contributed by atoms with Crippen molar-refractivity contribution in [2.24, 2.45) is 0 Å². The van der Waals surface area contributed by atoms with Gasteiger partial charge < -0.3 is 10.1 Å². The number of ether oxygens (including phenoxy) is 1. The molecule has 2 heteroatoms. The molecule has 1 fully saturated rings. The number of hydrogen-bond donors (Lipinski definition) is 1. The third-order valence-corrected chi connectivity index (χ3v) is 3.44. The van der Waals surface area contributed by atoms with Crippen molar-refractivity contribution in [3.05, 3.63) is 0 Å². The average molecular weight is 227 g/mol. The molecule has 1 aliphatic carbocycles. The van der Waals surface area contributed by atoms with Gasteiger partial charge in [-0.05, 0) is 32.2 Å². The van der Waals surface area contributed by atoms with E-state index in [1.165, 1.54) is 51.4 Å². The van der Waals surface area contributed by atoms with Crippen molar-refractivity contribution in [2.75, 3.05) is 13.2 Å². The molecule has 0 bridgehead atoms. The zero-order valence-electron chi connectivity index (χ0n) is 11.1. The minimum atomic E-state index is 0.473. The van der Waals surface area contributed by atoms with Crippen LogP contribution in [-0.2, 0) is 4.74 Å². The largest absolute Gasteiger partial charge is 0.377 e. The molecule has 16 heavy (non-hydrogen) atoms. The summed E-state index contributed by atoms with van der Waals surface area (Å²) in [6, 6.07) is 0.610. The van der Waals surface area contributed by atoms with E-state index >= 15 is 0 Å². The van der Waals surface area contributed by atoms with Crippen molar-refractivity contribution >= 4 is 0 Å². The molecular weight excluding hydrogens is 198 g/mol. The van der Waals surface area contributed by atoms with E-state index in [4.69, 9.17) is 4.74 Å². The maximum atomic E-state index is 6.05. The van der Waals surface area contributed by atoms with E-state index in [-0.39, 0.29) is 0 Å². The summed E-state index contributed by atoms with van der Waals surface area (Å²) in [5.41, 5.74) is 0. The van der Waals surface area contributed by atoms with E-state index in [2.05, 4.69) is 19.2 Å². The van der Waals surface area contributed by atoms with Crippen LogP contribution < -0.4 is 5.32 Å². The summed E-state index contributed by atoms with van der Waals surface area (Å²) in [7, 11) is 0. The van der Waals surface area contributed by atoms with Gasteiger partial charge in [-0.2, -0.15) is 0 Å². The third kappa shape index (κ3) is 5.31. The van der Waals surface area contributed by atoms with Gasteiger partial charge in [0.1, 0.15) is 0 Å². The number of unbranched alkanes of at least 4 members (excludes halogenated alkanes) is 1. The van der Waals surface area contributed by atoms with Gasteiger partial charge in [0.05, 0.1) is 6.10 Å². The Morgan fingerprint density at radius 1 is 1.06 bits per heavy atom. The fourth-order valence-electron chi connectivity index (χ4n) is 2.42. The third-order valence-electron chi connectivity index (χ3n) is 3.44. The number of nitrogens with one attached hydrogen (secondary N) is 1. The van der Waals surface area contributed by atoms with E-state index in [9.17, 15) is 0 Å². The summed E-state index contributed by atoms with van der Waals surface area (Å²) in [6.07, 6.45) is 10.8. The van der Waals surface area contributed by atoms with Crippen LogP contribution in [-0.4, -0.2) is 25.3 Å². The zero-order chi connectivity index (χ0) is 11.6. The lowest BCUT2D eigenvalue weighted by Gasteiger charge is -2.26. The Labute approximate surface area is 101 Å². The highest BCUT2D eigenvalue weighted by Gasteiger charge is 2.23. The van der Waals surface area contributed by atoms with Gasteiger partial charge in [-0.1, -0.05) is 39.5 Å². The standard InChI is InChI=1S/C14H29NO/c1-3-5-12-16-14-10-8-6-7-9-13(14)15-11-4-2/h13-15H,3-12H2,1-2H3. The topological polar surface area (TPSA) is 21.3 Å². The summed E-state index contributed by atoms with van der Waals surface area (Å²) >= 11 is 0. The Balaban J connectivity index is 2.32. The monoisotopic (exact) mass is 227 g/mol. The van der Waals surface area contributed by atoms with Gasteiger partial charge in [-0.3, -0.25) is 0 Å². The molecule has 96 valence electrons. The molecule has 1 N–H and O–H groups in total. The van der Waals surface area contributed by atoms with Crippen molar-refractivity contribution in [3.8, 4) is 0 Å². The van der Waals surface area contributed by atoms with E-state index in [0.717, 1.165) is 13.2 Å². The normalized spacial score (nSPS) is 26.6. The van der Waals surface area contributed by atoms with Crippen LogP contribution in [0.15, 0.2) is 0 Å². The molecule has 0 heterocycles. The van der Waals surface area contributed by atoms with Crippen LogP contribution in [0.3, 0.4) is 0 Å². The van der Waals surface area contributed by atoms with Gasteiger partial charge in [0.25, 0.3) is 0 Å². The first-order chi connectivity index (χ1) is 7.88. The first kappa shape index (κ1) is 14.0. The SMILES string of the molecule is CCCCOC1CCCCCC1NCCC. The Morgan fingerprint density at radius 2 is 1.88 bits per heavy atom. The van der Waals surface area contributed by atoms with Crippen molar-refractivity contribution in [3.63, 3.8) is 0 Å². The van der Waals surface area contributed by atoms with Crippen LogP contribution in [0.5, 0.6) is 0 Å². The Morgan fingerprint density at radius 3 is 2.62 bits per heavy atom. The van der Waals surface area contributed by atoms with Crippen LogP contribution in [0.25, 0.3) is 0 Å². The van der Waals surface area contributed by atoms with Gasteiger partial charge in [-0.15, -0.1) is 0 Å². The predicted molar refractivity (Wildman–Crippen MR) is 69.8 cm³/mol. The van der Waals surface area contributed by atoms with Crippen molar-refractivity contribution in [1.29, 1.82) is 0 Å². The predicted octanol–water partition coefficient (Wildman–Crippen LogP) is 3.50. The summed E-state index contributed by atoms with van der Waals surface area (Å²) in [6.45, 7) is 6.55. The van der Waals surface area contributed by atoms with Crippen molar-refractivity contribution < 1.29 is 4.74 Å². The van der Waals surface area contributed by atoms with Gasteiger partial charge in [0.2, 0.25) is 0 Å². The number of hydrogen-bond acceptors (Lipinski definition) is 2. The molecular formula is C14H29NO. The van der Waals surface area contributed by atoms with E-state index in [1.54, 1.807) is 0 Å². The molecule has 2 atom stereocenters. The van der Waals surface area contributed by atoms with Crippen LogP contribution in [0, 0.1) is 0 Å². The molecule has 1 rings (SSSR count). The lowest BCUT2D eigenvalue weighted by Crippen LogP contribution is -2.41. The van der Waals surface area contributed by atoms with Gasteiger partial charge >= 0.3 is 0 Å². The molecule has 0 radical (unpaired) electrons. The molecule has 1 saturated carbocycles. The zero-order valence-corrected chi connectivity index (χ0v) is 11.1. The van der Waals surface area contributed by atoms with Crippen LogP contribution in [0.1, 0.15) is 65.2 Å². The van der Waals surface area contributed by atoms with E-state index in [1.807, 2.05) is 0 Å². The molecule has 0 aliphatic heterocycles. The Bertz CT molecular complexity index is 161. The van der Waals surface area contributed by atoms with Gasteiger partial charge in [-0.25, -0.2) is 0 Å². The fourth-order valence-corrected chi connectivity index (χ4v) is 2.42. The highest BCUT2D eigenvalue weighted by atomic mass is 16.5. The lowest BCUT2D eigenvalue weighted by molar-refractivity contribution is 0.0207. The highest BCUT2D eigenvalue weighted by Crippen LogP contribution is 2.21. The smallest absolute Gasteiger partial charge is 0.0728 e. The minimum absolute atomic E-state index is 0.473. The molecule has 2 nitrogen and oxygen atoms in total. The molecule has 0 aromatic carbocycles. The molecule has 0 spiro atoms. The highest BCUT2D eigenvalue weighted by molar-refractivity contribution is 4.80. The maximum Gasteiger partial charge on any atom is 0.0728 e. The second-order valence-corrected chi connectivity index (χ2v) is 4.96. The molecule has 2 unspecified atom stereocenters. The van der Waals surface area contributed by atoms with Crippen molar-refractivity contribution in [1.82, 2.24) is 5.32 Å².